The summed E-state index contributed by atoms with van der Waals surface area (Å²) in [5, 5.41) is 7.87. The Bertz CT molecular complexity index is 412. The van der Waals surface area contributed by atoms with Crippen LogP contribution in [0.3, 0.4) is 0 Å². The van der Waals surface area contributed by atoms with Gasteiger partial charge < -0.3 is 0 Å². The number of hydrogen-bond acceptors (Lipinski definition) is 3. The van der Waals surface area contributed by atoms with Crippen LogP contribution in [0.2, 0.25) is 0 Å². The molecule has 1 aromatic rings. The lowest BCUT2D eigenvalue weighted by molar-refractivity contribution is 0.0826. The van der Waals surface area contributed by atoms with Gasteiger partial charge in [-0.2, -0.15) is 0 Å². The number of carbonyl (C=O) groups is 1. The molecule has 0 aliphatic heterocycles. The zero-order valence-corrected chi connectivity index (χ0v) is 11.6. The molecule has 0 N–H and O–H groups in total. The van der Waals surface area contributed by atoms with Crippen molar-refractivity contribution in [1.29, 1.82) is 0 Å². The van der Waals surface area contributed by atoms with Gasteiger partial charge in [-0.25, -0.2) is 4.68 Å². The van der Waals surface area contributed by atoms with Gasteiger partial charge in [0.2, 0.25) is 0 Å². The predicted octanol–water partition coefficient (Wildman–Crippen LogP) is 3.09. The van der Waals surface area contributed by atoms with Gasteiger partial charge in [0.05, 0.1) is 6.20 Å². The second-order valence-electron chi connectivity index (χ2n) is 6.15. The second kappa shape index (κ2) is 5.21. The highest BCUT2D eigenvalue weighted by molar-refractivity contribution is 5.96. The van der Waals surface area contributed by atoms with E-state index in [4.69, 9.17) is 0 Å². The molecule has 2 rings (SSSR count). The Morgan fingerprint density at radius 2 is 2.11 bits per heavy atom. The predicted molar refractivity (Wildman–Crippen MR) is 70.4 cm³/mol. The molecule has 4 heteroatoms. The van der Waals surface area contributed by atoms with Crippen LogP contribution in [0, 0.1) is 11.3 Å². The molecule has 1 heterocycles. The van der Waals surface area contributed by atoms with Crippen LogP contribution < -0.4 is 0 Å². The smallest absolute Gasteiger partial charge is 0.185 e. The molecule has 0 saturated heterocycles. The van der Waals surface area contributed by atoms with Gasteiger partial charge >= 0.3 is 0 Å². The first-order chi connectivity index (χ1) is 8.53. The van der Waals surface area contributed by atoms with E-state index in [0.29, 0.717) is 11.1 Å². The van der Waals surface area contributed by atoms with Gasteiger partial charge in [0.1, 0.15) is 5.69 Å². The maximum atomic E-state index is 12.5. The fraction of sp³-hybridized carbons (Fsp3) is 0.786. The summed E-state index contributed by atoms with van der Waals surface area (Å²) in [5.74, 6) is 0.413. The molecule has 0 spiro atoms. The summed E-state index contributed by atoms with van der Waals surface area (Å²) in [5.41, 5.74) is 1.10. The maximum Gasteiger partial charge on any atom is 0.185 e. The second-order valence-corrected chi connectivity index (χ2v) is 6.15. The van der Waals surface area contributed by atoms with Crippen molar-refractivity contribution >= 4 is 5.78 Å². The summed E-state index contributed by atoms with van der Waals surface area (Å²) in [7, 11) is 0. The van der Waals surface area contributed by atoms with E-state index in [2.05, 4.69) is 31.1 Å². The Morgan fingerprint density at radius 1 is 1.44 bits per heavy atom. The highest BCUT2D eigenvalue weighted by Crippen LogP contribution is 2.39. The molecule has 1 saturated carbocycles. The molecule has 4 nitrogen and oxygen atoms in total. The lowest BCUT2D eigenvalue weighted by Crippen LogP contribution is -2.27. The van der Waals surface area contributed by atoms with Crippen molar-refractivity contribution in [2.75, 3.05) is 0 Å². The van der Waals surface area contributed by atoms with Gasteiger partial charge in [0.25, 0.3) is 0 Å². The summed E-state index contributed by atoms with van der Waals surface area (Å²) >= 11 is 0. The molecule has 1 aliphatic carbocycles. The molecule has 100 valence electrons. The number of aromatic nitrogens is 3. The largest absolute Gasteiger partial charge is 0.292 e. The van der Waals surface area contributed by atoms with Crippen molar-refractivity contribution < 1.29 is 4.79 Å². The van der Waals surface area contributed by atoms with Crippen molar-refractivity contribution in [2.45, 2.75) is 59.4 Å². The van der Waals surface area contributed by atoms with E-state index in [1.54, 1.807) is 10.9 Å². The third kappa shape index (κ3) is 2.79. The molecular formula is C14H23N3O. The molecule has 0 radical (unpaired) electrons. The average molecular weight is 249 g/mol. The minimum atomic E-state index is 0.173. The van der Waals surface area contributed by atoms with E-state index in [1.165, 1.54) is 0 Å². The van der Waals surface area contributed by atoms with Gasteiger partial charge in [0.15, 0.2) is 5.78 Å². The number of nitrogens with zero attached hydrogens (tertiary/aromatic N) is 3. The average Bonchev–Trinajstić information content (AvgIpc) is 2.77. The lowest BCUT2D eigenvalue weighted by atomic mass is 9.72. The van der Waals surface area contributed by atoms with E-state index < -0.39 is 0 Å². The summed E-state index contributed by atoms with van der Waals surface area (Å²) in [4.78, 5) is 12.5. The van der Waals surface area contributed by atoms with E-state index in [9.17, 15) is 4.79 Å². The number of aryl methyl sites for hydroxylation is 1. The Morgan fingerprint density at radius 3 is 2.72 bits per heavy atom. The maximum absolute atomic E-state index is 12.5. The number of Topliss-reactive ketones (excluding diaryl/α,β-unsaturated/α-hetero) is 1. The zero-order chi connectivity index (χ0) is 13.2. The number of rotatable bonds is 4. The van der Waals surface area contributed by atoms with Crippen LogP contribution in [0.4, 0.5) is 0 Å². The zero-order valence-electron chi connectivity index (χ0n) is 11.6. The minimum absolute atomic E-state index is 0.173. The first-order valence-electron chi connectivity index (χ1n) is 6.96. The molecule has 18 heavy (non-hydrogen) atoms. The monoisotopic (exact) mass is 249 g/mol. The van der Waals surface area contributed by atoms with Gasteiger partial charge in [-0.05, 0) is 37.5 Å². The molecular weight excluding hydrogens is 226 g/mol. The highest BCUT2D eigenvalue weighted by Gasteiger charge is 2.32. The van der Waals surface area contributed by atoms with Gasteiger partial charge in [-0.1, -0.05) is 26.0 Å². The standard InChI is InChI=1S/C14H23N3O/c1-4-9-17-12(10-15-16-17)13(18)11-5-7-14(2,3)8-6-11/h10-11H,4-9H2,1-3H3. The fourth-order valence-corrected chi connectivity index (χ4v) is 2.70. The van der Waals surface area contributed by atoms with Crippen molar-refractivity contribution in [3.63, 3.8) is 0 Å². The Labute approximate surface area is 109 Å². The number of ketones is 1. The molecule has 1 aromatic heterocycles. The number of carbonyl (C=O) groups excluding carboxylic acids is 1. The molecule has 1 aliphatic rings. The first kappa shape index (κ1) is 13.2. The molecule has 0 bridgehead atoms. The minimum Gasteiger partial charge on any atom is -0.292 e. The topological polar surface area (TPSA) is 47.8 Å². The van der Waals surface area contributed by atoms with Crippen LogP contribution in [0.5, 0.6) is 0 Å². The summed E-state index contributed by atoms with van der Waals surface area (Å²) in [6.07, 6.45) is 6.88. The fourth-order valence-electron chi connectivity index (χ4n) is 2.70. The van der Waals surface area contributed by atoms with E-state index in [-0.39, 0.29) is 11.7 Å². The van der Waals surface area contributed by atoms with Crippen molar-refractivity contribution in [2.24, 2.45) is 11.3 Å². The van der Waals surface area contributed by atoms with Crippen LogP contribution in [0.1, 0.15) is 63.4 Å². The van der Waals surface area contributed by atoms with E-state index >= 15 is 0 Å². The van der Waals surface area contributed by atoms with Crippen LogP contribution in [0.15, 0.2) is 6.20 Å². The van der Waals surface area contributed by atoms with Crippen molar-refractivity contribution in [1.82, 2.24) is 15.0 Å². The highest BCUT2D eigenvalue weighted by atomic mass is 16.1. The number of hydrogen-bond donors (Lipinski definition) is 0. The van der Waals surface area contributed by atoms with E-state index in [1.807, 2.05) is 0 Å². The summed E-state index contributed by atoms with van der Waals surface area (Å²) < 4.78 is 1.75. The third-order valence-corrected chi connectivity index (χ3v) is 4.02. The molecule has 0 unspecified atom stereocenters. The van der Waals surface area contributed by atoms with Crippen LogP contribution in [0.25, 0.3) is 0 Å². The Hall–Kier alpha value is -1.19. The normalized spacial score (nSPS) is 19.9. The summed E-state index contributed by atoms with van der Waals surface area (Å²) in [6.45, 7) is 7.44. The van der Waals surface area contributed by atoms with Crippen LogP contribution >= 0.6 is 0 Å². The van der Waals surface area contributed by atoms with E-state index in [0.717, 1.165) is 38.6 Å². The van der Waals surface area contributed by atoms with Crippen LogP contribution in [-0.4, -0.2) is 20.8 Å². The lowest BCUT2D eigenvalue weighted by Gasteiger charge is -2.33. The Balaban J connectivity index is 2.05. The summed E-state index contributed by atoms with van der Waals surface area (Å²) in [6, 6.07) is 0. The molecule has 0 amide bonds. The van der Waals surface area contributed by atoms with Crippen molar-refractivity contribution in [3.8, 4) is 0 Å². The molecule has 0 aromatic carbocycles. The van der Waals surface area contributed by atoms with Gasteiger partial charge in [0, 0.05) is 12.5 Å². The molecule has 0 atom stereocenters. The Kier molecular flexibility index (Phi) is 3.83. The first-order valence-corrected chi connectivity index (χ1v) is 6.96. The molecule has 1 fully saturated rings. The SMILES string of the molecule is CCCn1nncc1C(=O)C1CCC(C)(C)CC1. The van der Waals surface area contributed by atoms with Crippen LogP contribution in [-0.2, 0) is 6.54 Å². The van der Waals surface area contributed by atoms with Gasteiger partial charge in [-0.15, -0.1) is 5.10 Å². The quantitative estimate of drug-likeness (QED) is 0.770. The van der Waals surface area contributed by atoms with Gasteiger partial charge in [-0.3, -0.25) is 4.79 Å². The van der Waals surface area contributed by atoms with Crippen molar-refractivity contribution in [3.05, 3.63) is 11.9 Å². The third-order valence-electron chi connectivity index (χ3n) is 4.02.